The van der Waals surface area contributed by atoms with E-state index in [1.165, 1.54) is 13.2 Å². The average molecular weight is 597 g/mol. The number of anilines is 1. The van der Waals surface area contributed by atoms with Crippen LogP contribution >= 0.6 is 0 Å². The van der Waals surface area contributed by atoms with Gasteiger partial charge in [0, 0.05) is 38.7 Å². The number of nitrogens with two attached hydrogens (primary N) is 1. The number of nitrogens with one attached hydrogen (secondary N) is 2. The smallest absolute Gasteiger partial charge is 0.276 e. The highest BCUT2D eigenvalue weighted by Gasteiger charge is 2.22. The number of amides is 3. The van der Waals surface area contributed by atoms with Crippen LogP contribution in [0.15, 0.2) is 60.7 Å². The quantitative estimate of drug-likeness (QED) is 0.184. The monoisotopic (exact) mass is 596 g/mol. The first-order valence-corrected chi connectivity index (χ1v) is 14.4. The molecule has 0 saturated carbocycles. The Bertz CT molecular complexity index is 1860. The van der Waals surface area contributed by atoms with Crippen LogP contribution in [-0.4, -0.2) is 62.8 Å². The third-order valence-corrected chi connectivity index (χ3v) is 7.38. The second-order valence-electron chi connectivity index (χ2n) is 10.6. The lowest BCUT2D eigenvalue weighted by Gasteiger charge is -2.18. The molecule has 0 atom stereocenters. The molecule has 0 fully saturated rings. The molecule has 2 heterocycles. The summed E-state index contributed by atoms with van der Waals surface area (Å²) >= 11 is 0. The van der Waals surface area contributed by atoms with Crippen LogP contribution in [0.25, 0.3) is 21.8 Å². The third-order valence-electron chi connectivity index (χ3n) is 7.38. The molecule has 228 valence electrons. The summed E-state index contributed by atoms with van der Waals surface area (Å²) in [5.74, 6) is -0.489. The van der Waals surface area contributed by atoms with Gasteiger partial charge in [0.1, 0.15) is 17.0 Å². The average Bonchev–Trinajstić information content (AvgIpc) is 3.57. The molecule has 0 aliphatic heterocycles. The Morgan fingerprint density at radius 1 is 1.05 bits per heavy atom. The zero-order valence-electron chi connectivity index (χ0n) is 25.3. The molecule has 3 aromatic carbocycles. The molecule has 0 aliphatic carbocycles. The number of ether oxygens (including phenoxy) is 1. The minimum atomic E-state index is -0.632. The summed E-state index contributed by atoms with van der Waals surface area (Å²) in [7, 11) is 3.27. The number of imidazole rings is 1. The molecule has 44 heavy (non-hydrogen) atoms. The molecular weight excluding hydrogens is 560 g/mol. The minimum Gasteiger partial charge on any atom is -0.494 e. The van der Waals surface area contributed by atoms with Crippen molar-refractivity contribution in [3.63, 3.8) is 0 Å². The summed E-state index contributed by atoms with van der Waals surface area (Å²) in [6.45, 7) is 5.13. The molecule has 12 heteroatoms. The van der Waals surface area contributed by atoms with Gasteiger partial charge in [-0.3, -0.25) is 24.4 Å². The molecule has 5 rings (SSSR count). The Morgan fingerprint density at radius 2 is 1.82 bits per heavy atom. The first-order valence-electron chi connectivity index (χ1n) is 14.4. The molecular formula is C32H36N8O4. The lowest BCUT2D eigenvalue weighted by atomic mass is 10.1. The van der Waals surface area contributed by atoms with Crippen LogP contribution < -0.4 is 21.2 Å². The van der Waals surface area contributed by atoms with E-state index < -0.39 is 11.8 Å². The van der Waals surface area contributed by atoms with Gasteiger partial charge in [0.2, 0.25) is 17.8 Å². The number of carbonyl (C=O) groups is 3. The molecule has 5 aromatic rings. The van der Waals surface area contributed by atoms with E-state index in [-0.39, 0.29) is 17.4 Å². The van der Waals surface area contributed by atoms with Crippen LogP contribution in [-0.2, 0) is 17.9 Å². The Labute approximate surface area is 254 Å². The highest BCUT2D eigenvalue weighted by atomic mass is 16.5. The van der Waals surface area contributed by atoms with Crippen molar-refractivity contribution in [1.29, 1.82) is 0 Å². The molecule has 0 spiro atoms. The van der Waals surface area contributed by atoms with Gasteiger partial charge in [-0.15, -0.1) is 0 Å². The molecule has 0 bridgehead atoms. The molecule has 12 nitrogen and oxygen atoms in total. The Hall–Kier alpha value is -5.39. The summed E-state index contributed by atoms with van der Waals surface area (Å²) < 4.78 is 8.77. The van der Waals surface area contributed by atoms with Gasteiger partial charge < -0.3 is 20.8 Å². The van der Waals surface area contributed by atoms with Crippen LogP contribution in [0, 0.1) is 6.92 Å². The van der Waals surface area contributed by atoms with E-state index in [9.17, 15) is 14.4 Å². The maximum absolute atomic E-state index is 13.3. The van der Waals surface area contributed by atoms with Crippen molar-refractivity contribution in [3.05, 3.63) is 83.2 Å². The lowest BCUT2D eigenvalue weighted by Crippen LogP contribution is -2.27. The zero-order valence-corrected chi connectivity index (χ0v) is 25.3. The second-order valence-corrected chi connectivity index (χ2v) is 10.6. The van der Waals surface area contributed by atoms with E-state index in [2.05, 4.69) is 45.1 Å². The molecule has 0 aliphatic rings. The van der Waals surface area contributed by atoms with E-state index in [4.69, 9.17) is 10.5 Å². The molecule has 3 amide bonds. The zero-order chi connectivity index (χ0) is 31.4. The van der Waals surface area contributed by atoms with E-state index in [0.717, 1.165) is 16.3 Å². The number of benzene rings is 3. The highest BCUT2D eigenvalue weighted by Crippen LogP contribution is 2.30. The summed E-state index contributed by atoms with van der Waals surface area (Å²) in [5, 5.41) is 9.50. The third kappa shape index (κ3) is 6.33. The summed E-state index contributed by atoms with van der Waals surface area (Å²) in [4.78, 5) is 44.5. The fraction of sp³-hybridized carbons (Fsp3) is 0.281. The van der Waals surface area contributed by atoms with Crippen LogP contribution in [0.1, 0.15) is 51.9 Å². The van der Waals surface area contributed by atoms with E-state index in [1.54, 1.807) is 33.4 Å². The largest absolute Gasteiger partial charge is 0.494 e. The maximum Gasteiger partial charge on any atom is 0.276 e. The summed E-state index contributed by atoms with van der Waals surface area (Å²) in [6.07, 6.45) is 0.820. The number of methoxy groups -OCH3 is 1. The van der Waals surface area contributed by atoms with Crippen LogP contribution in [0.5, 0.6) is 5.75 Å². The fourth-order valence-corrected chi connectivity index (χ4v) is 5.16. The van der Waals surface area contributed by atoms with Crippen LogP contribution in [0.2, 0.25) is 0 Å². The summed E-state index contributed by atoms with van der Waals surface area (Å²) in [6, 6.07) is 19.1. The normalized spacial score (nSPS) is 11.1. The van der Waals surface area contributed by atoms with Gasteiger partial charge in [-0.1, -0.05) is 36.4 Å². The first kappa shape index (κ1) is 30.1. The molecule has 0 radical (unpaired) electrons. The van der Waals surface area contributed by atoms with Gasteiger partial charge >= 0.3 is 0 Å². The van der Waals surface area contributed by atoms with Gasteiger partial charge in [0.15, 0.2) is 0 Å². The molecule has 0 saturated heterocycles. The van der Waals surface area contributed by atoms with Crippen molar-refractivity contribution in [2.75, 3.05) is 31.4 Å². The number of carbonyl (C=O) groups excluding carboxylic acids is 3. The molecule has 0 unspecified atom stereocenters. The van der Waals surface area contributed by atoms with Crippen molar-refractivity contribution in [1.82, 2.24) is 24.3 Å². The predicted octanol–water partition coefficient (Wildman–Crippen LogP) is 4.06. The molecule has 4 N–H and O–H groups in total. The van der Waals surface area contributed by atoms with E-state index >= 15 is 0 Å². The van der Waals surface area contributed by atoms with Crippen molar-refractivity contribution in [3.8, 4) is 5.75 Å². The van der Waals surface area contributed by atoms with Gasteiger partial charge in [-0.2, -0.15) is 5.10 Å². The second kappa shape index (κ2) is 12.9. The minimum absolute atomic E-state index is 0.0100. The first-order chi connectivity index (χ1) is 21.2. The number of fused-ring (bicyclic) bond motifs is 2. The predicted molar refractivity (Wildman–Crippen MR) is 169 cm³/mol. The van der Waals surface area contributed by atoms with Gasteiger partial charge in [0.25, 0.3) is 5.91 Å². The molecule has 2 aromatic heterocycles. The standard InChI is InChI=1S/C32H36N8O4/c1-5-39-26(15-20(2)37-39)31(43)36-32-35-25-17-24(30(33)42)18-27(44-4)29(25)40(32)34-14-8-11-28(41)38(3)19-21-12-13-22-9-6-7-10-23(22)16-21/h6-7,9-10,12-13,15-18,34H,5,8,11,14,19H2,1-4H3,(H2,33,42)(H,35,36,43). The van der Waals surface area contributed by atoms with Crippen molar-refractivity contribution in [2.45, 2.75) is 39.8 Å². The van der Waals surface area contributed by atoms with Crippen molar-refractivity contribution < 1.29 is 19.1 Å². The Kier molecular flexibility index (Phi) is 8.79. The Balaban J connectivity index is 1.31. The van der Waals surface area contributed by atoms with Gasteiger partial charge in [0.05, 0.1) is 18.3 Å². The van der Waals surface area contributed by atoms with Gasteiger partial charge in [-0.25, -0.2) is 9.66 Å². The highest BCUT2D eigenvalue weighted by molar-refractivity contribution is 6.04. The lowest BCUT2D eigenvalue weighted by molar-refractivity contribution is -0.130. The Morgan fingerprint density at radius 3 is 2.55 bits per heavy atom. The number of nitrogens with zero attached hydrogens (tertiary/aromatic N) is 5. The number of rotatable bonds is 12. The fourth-order valence-electron chi connectivity index (χ4n) is 5.16. The van der Waals surface area contributed by atoms with Gasteiger partial charge in [-0.05, 0) is 60.9 Å². The maximum atomic E-state index is 13.3. The van der Waals surface area contributed by atoms with E-state index in [1.807, 2.05) is 32.0 Å². The van der Waals surface area contributed by atoms with Crippen molar-refractivity contribution in [2.24, 2.45) is 5.73 Å². The topological polar surface area (TPSA) is 149 Å². The number of hydrogen-bond acceptors (Lipinski definition) is 7. The number of primary amides is 1. The van der Waals surface area contributed by atoms with Crippen molar-refractivity contribution >= 4 is 45.5 Å². The number of aromatic nitrogens is 4. The summed E-state index contributed by atoms with van der Waals surface area (Å²) in [5.41, 5.74) is 12.1. The van der Waals surface area contributed by atoms with Crippen LogP contribution in [0.3, 0.4) is 0 Å². The SMILES string of the molecule is CCn1nc(C)cc1C(=O)Nc1nc2cc(C(N)=O)cc(OC)c2n1NCCCC(=O)N(C)Cc1ccc2ccccc2c1. The van der Waals surface area contributed by atoms with E-state index in [0.29, 0.717) is 60.6 Å². The van der Waals surface area contributed by atoms with Crippen LogP contribution in [0.4, 0.5) is 5.95 Å². The number of hydrogen-bond donors (Lipinski definition) is 3. The number of aryl methyl sites for hydroxylation is 2.